The van der Waals surface area contributed by atoms with Crippen molar-refractivity contribution in [2.75, 3.05) is 0 Å². The Morgan fingerprint density at radius 1 is 1.19 bits per heavy atom. The number of rotatable bonds is 5. The minimum absolute atomic E-state index is 0.710. The second-order valence-corrected chi connectivity index (χ2v) is 4.85. The highest BCUT2D eigenvalue weighted by molar-refractivity contribution is 6.31. The first-order valence-electron chi connectivity index (χ1n) is 6.03. The molecule has 0 aliphatic carbocycles. The van der Waals surface area contributed by atoms with E-state index in [9.17, 15) is 5.11 Å². The summed E-state index contributed by atoms with van der Waals surface area (Å²) in [4.78, 5) is 0. The van der Waals surface area contributed by atoms with Crippen LogP contribution in [0.25, 0.3) is 0 Å². The van der Waals surface area contributed by atoms with Gasteiger partial charge in [-0.3, -0.25) is 0 Å². The van der Waals surface area contributed by atoms with Gasteiger partial charge in [0.2, 0.25) is 0 Å². The summed E-state index contributed by atoms with van der Waals surface area (Å²) in [6, 6.07) is 5.78. The van der Waals surface area contributed by atoms with Gasteiger partial charge < -0.3 is 5.11 Å². The van der Waals surface area contributed by atoms with E-state index in [0.29, 0.717) is 0 Å². The Hall–Kier alpha value is -0.530. The summed E-state index contributed by atoms with van der Waals surface area (Å²) in [5.74, 6) is 0. The van der Waals surface area contributed by atoms with Crippen molar-refractivity contribution in [1.29, 1.82) is 0 Å². The summed E-state index contributed by atoms with van der Waals surface area (Å²) >= 11 is 6.11. The molecule has 0 aliphatic rings. The number of aliphatic hydroxyl groups is 1. The largest absolute Gasteiger partial charge is 0.385 e. The highest BCUT2D eigenvalue weighted by atomic mass is 35.5. The van der Waals surface area contributed by atoms with E-state index in [2.05, 4.69) is 13.8 Å². The molecule has 0 radical (unpaired) electrons. The van der Waals surface area contributed by atoms with Crippen molar-refractivity contribution in [1.82, 2.24) is 0 Å². The van der Waals surface area contributed by atoms with Crippen molar-refractivity contribution in [3.8, 4) is 0 Å². The average molecular weight is 241 g/mol. The maximum Gasteiger partial charge on any atom is 0.0899 e. The molecule has 0 unspecified atom stereocenters. The lowest BCUT2D eigenvalue weighted by Crippen LogP contribution is -2.26. The van der Waals surface area contributed by atoms with Crippen LogP contribution in [0.15, 0.2) is 18.2 Å². The van der Waals surface area contributed by atoms with E-state index in [-0.39, 0.29) is 0 Å². The number of hydrogen-bond donors (Lipinski definition) is 1. The van der Waals surface area contributed by atoms with Gasteiger partial charge in [-0.15, -0.1) is 0 Å². The zero-order valence-corrected chi connectivity index (χ0v) is 11.1. The van der Waals surface area contributed by atoms with E-state index >= 15 is 0 Å². The molecule has 1 rings (SSSR count). The first-order chi connectivity index (χ1) is 7.55. The van der Waals surface area contributed by atoms with Crippen LogP contribution in [-0.2, 0) is 5.60 Å². The molecule has 0 aromatic heterocycles. The molecule has 0 atom stereocenters. The lowest BCUT2D eigenvalue weighted by molar-refractivity contribution is 0.0164. The van der Waals surface area contributed by atoms with E-state index in [0.717, 1.165) is 41.8 Å². The third-order valence-electron chi connectivity index (χ3n) is 3.10. The Kier molecular flexibility index (Phi) is 4.82. The second-order valence-electron chi connectivity index (χ2n) is 4.44. The van der Waals surface area contributed by atoms with Crippen LogP contribution in [0.1, 0.15) is 50.7 Å². The minimum Gasteiger partial charge on any atom is -0.385 e. The Labute approximate surface area is 103 Å². The first kappa shape index (κ1) is 13.5. The summed E-state index contributed by atoms with van der Waals surface area (Å²) in [5.41, 5.74) is 1.29. The van der Waals surface area contributed by atoms with Crippen molar-refractivity contribution >= 4 is 11.6 Å². The molecule has 0 spiro atoms. The van der Waals surface area contributed by atoms with Crippen LogP contribution >= 0.6 is 11.6 Å². The third kappa shape index (κ3) is 2.78. The Balaban J connectivity index is 3.15. The van der Waals surface area contributed by atoms with Crippen LogP contribution < -0.4 is 0 Å². The molecule has 0 heterocycles. The third-order valence-corrected chi connectivity index (χ3v) is 3.51. The Morgan fingerprint density at radius 2 is 1.75 bits per heavy atom. The van der Waals surface area contributed by atoms with Crippen LogP contribution in [0, 0.1) is 6.92 Å². The van der Waals surface area contributed by atoms with Crippen molar-refractivity contribution in [3.63, 3.8) is 0 Å². The predicted octanol–water partition coefficient (Wildman–Crippen LogP) is 4.44. The van der Waals surface area contributed by atoms with Crippen LogP contribution in [0.5, 0.6) is 0 Å². The lowest BCUT2D eigenvalue weighted by atomic mass is 9.83. The van der Waals surface area contributed by atoms with Gasteiger partial charge in [0.25, 0.3) is 0 Å². The molecular formula is C14H21ClO. The smallest absolute Gasteiger partial charge is 0.0899 e. The van der Waals surface area contributed by atoms with Gasteiger partial charge in [-0.25, -0.2) is 0 Å². The fraction of sp³-hybridized carbons (Fsp3) is 0.571. The number of hydrogen-bond acceptors (Lipinski definition) is 1. The minimum atomic E-state index is -0.710. The van der Waals surface area contributed by atoms with Crippen LogP contribution in [0.3, 0.4) is 0 Å². The van der Waals surface area contributed by atoms with Gasteiger partial charge in [-0.1, -0.05) is 50.4 Å². The van der Waals surface area contributed by atoms with Crippen molar-refractivity contribution < 1.29 is 5.11 Å². The fourth-order valence-corrected chi connectivity index (χ4v) is 2.51. The first-order valence-corrected chi connectivity index (χ1v) is 6.41. The fourth-order valence-electron chi connectivity index (χ4n) is 2.33. The van der Waals surface area contributed by atoms with Crippen LogP contribution in [0.4, 0.5) is 0 Å². The van der Waals surface area contributed by atoms with Gasteiger partial charge in [0, 0.05) is 5.02 Å². The van der Waals surface area contributed by atoms with Gasteiger partial charge in [0.05, 0.1) is 5.60 Å². The van der Waals surface area contributed by atoms with E-state index in [1.54, 1.807) is 0 Å². The Morgan fingerprint density at radius 3 is 2.25 bits per heavy atom. The van der Waals surface area contributed by atoms with Gasteiger partial charge in [-0.05, 0) is 37.0 Å². The van der Waals surface area contributed by atoms with E-state index in [1.807, 2.05) is 25.1 Å². The molecular weight excluding hydrogens is 220 g/mol. The molecule has 1 aromatic carbocycles. The summed E-state index contributed by atoms with van der Waals surface area (Å²) < 4.78 is 0. The molecule has 0 fully saturated rings. The standard InChI is InChI=1S/C14H21ClO/c1-4-9-14(16,10-5-2)12-7-6-8-13(15)11(12)3/h6-8,16H,4-5,9-10H2,1-3H3. The monoisotopic (exact) mass is 240 g/mol. The quantitative estimate of drug-likeness (QED) is 0.807. The molecule has 1 aromatic rings. The molecule has 16 heavy (non-hydrogen) atoms. The summed E-state index contributed by atoms with van der Waals surface area (Å²) in [5, 5.41) is 11.5. The molecule has 2 heteroatoms. The lowest BCUT2D eigenvalue weighted by Gasteiger charge is -2.30. The molecule has 0 saturated carbocycles. The molecule has 0 saturated heterocycles. The van der Waals surface area contributed by atoms with Crippen molar-refractivity contribution in [2.45, 2.75) is 52.1 Å². The maximum absolute atomic E-state index is 10.7. The molecule has 1 N–H and O–H groups in total. The number of halogens is 1. The van der Waals surface area contributed by atoms with E-state index in [4.69, 9.17) is 11.6 Å². The van der Waals surface area contributed by atoms with Gasteiger partial charge in [0.1, 0.15) is 0 Å². The zero-order chi connectivity index (χ0) is 12.2. The Bertz CT molecular complexity index is 341. The zero-order valence-electron chi connectivity index (χ0n) is 10.4. The molecule has 0 amide bonds. The van der Waals surface area contributed by atoms with E-state index < -0.39 is 5.60 Å². The maximum atomic E-state index is 10.7. The van der Waals surface area contributed by atoms with Crippen molar-refractivity contribution in [2.24, 2.45) is 0 Å². The summed E-state index contributed by atoms with van der Waals surface area (Å²) in [6.07, 6.45) is 3.54. The molecule has 90 valence electrons. The summed E-state index contributed by atoms with van der Waals surface area (Å²) in [7, 11) is 0. The highest BCUT2D eigenvalue weighted by Gasteiger charge is 2.29. The topological polar surface area (TPSA) is 20.2 Å². The van der Waals surface area contributed by atoms with Gasteiger partial charge in [0.15, 0.2) is 0 Å². The van der Waals surface area contributed by atoms with Crippen molar-refractivity contribution in [3.05, 3.63) is 34.3 Å². The van der Waals surface area contributed by atoms with Gasteiger partial charge >= 0.3 is 0 Å². The average Bonchev–Trinajstić information content (AvgIpc) is 2.22. The van der Waals surface area contributed by atoms with Gasteiger partial charge in [-0.2, -0.15) is 0 Å². The van der Waals surface area contributed by atoms with Crippen LogP contribution in [-0.4, -0.2) is 5.11 Å². The molecule has 0 aliphatic heterocycles. The number of benzene rings is 1. The predicted molar refractivity (Wildman–Crippen MR) is 69.9 cm³/mol. The normalized spacial score (nSPS) is 11.8. The second kappa shape index (κ2) is 5.70. The van der Waals surface area contributed by atoms with Crippen LogP contribution in [0.2, 0.25) is 5.02 Å². The summed E-state index contributed by atoms with van der Waals surface area (Å²) in [6.45, 7) is 6.18. The molecule has 1 nitrogen and oxygen atoms in total. The molecule has 0 bridgehead atoms. The SMILES string of the molecule is CCCC(O)(CCC)c1cccc(Cl)c1C. The van der Waals surface area contributed by atoms with E-state index in [1.165, 1.54) is 0 Å². The highest BCUT2D eigenvalue weighted by Crippen LogP contribution is 2.35.